The number of rotatable bonds is 8. The highest BCUT2D eigenvalue weighted by Gasteiger charge is 2.06. The maximum atomic E-state index is 13.5. The Bertz CT molecular complexity index is 706. The molecule has 0 atom stereocenters. The second-order valence-electron chi connectivity index (χ2n) is 5.43. The van der Waals surface area contributed by atoms with Crippen molar-refractivity contribution in [3.05, 3.63) is 47.3 Å². The van der Waals surface area contributed by atoms with Crippen molar-refractivity contribution in [1.29, 1.82) is 0 Å². The summed E-state index contributed by atoms with van der Waals surface area (Å²) in [7, 11) is 0. The molecule has 1 aromatic heterocycles. The van der Waals surface area contributed by atoms with Gasteiger partial charge in [0.1, 0.15) is 12.1 Å². The van der Waals surface area contributed by atoms with Crippen LogP contribution in [-0.2, 0) is 25.4 Å². The predicted molar refractivity (Wildman–Crippen MR) is 116 cm³/mol. The molecule has 1 heterocycles. The third kappa shape index (κ3) is 6.75. The van der Waals surface area contributed by atoms with E-state index in [2.05, 4.69) is 25.8 Å². The van der Waals surface area contributed by atoms with Crippen molar-refractivity contribution in [3.8, 4) is 0 Å². The van der Waals surface area contributed by atoms with Crippen LogP contribution in [0.5, 0.6) is 0 Å². The standard InChI is InChI=1S/C17H25FN6S.HI/c1-4-19-17(21-10-16-23-22-12-24(16)5-2)20-9-13-6-7-15(18)8-14(13)11-25-3;/h6-8,12H,4-5,9-11H2,1-3H3,(H2,19,20,21);1H. The maximum absolute atomic E-state index is 13.5. The smallest absolute Gasteiger partial charge is 0.191 e. The number of halogens is 2. The Morgan fingerprint density at radius 3 is 2.77 bits per heavy atom. The zero-order chi connectivity index (χ0) is 18.1. The van der Waals surface area contributed by atoms with Crippen LogP contribution >= 0.6 is 35.7 Å². The van der Waals surface area contributed by atoms with Gasteiger partial charge in [-0.05, 0) is 43.4 Å². The molecule has 0 saturated carbocycles. The van der Waals surface area contributed by atoms with E-state index >= 15 is 0 Å². The van der Waals surface area contributed by atoms with Gasteiger partial charge < -0.3 is 15.2 Å². The average Bonchev–Trinajstić information content (AvgIpc) is 3.06. The zero-order valence-electron chi connectivity index (χ0n) is 15.3. The third-order valence-corrected chi connectivity index (χ3v) is 4.27. The fourth-order valence-corrected chi connectivity index (χ4v) is 2.97. The molecule has 0 radical (unpaired) electrons. The molecule has 0 saturated heterocycles. The number of hydrogen-bond acceptors (Lipinski definition) is 4. The molecule has 1 aromatic carbocycles. The number of benzene rings is 1. The Morgan fingerprint density at radius 1 is 1.27 bits per heavy atom. The summed E-state index contributed by atoms with van der Waals surface area (Å²) in [5.74, 6) is 2.12. The summed E-state index contributed by atoms with van der Waals surface area (Å²) < 4.78 is 15.4. The molecular weight excluding hydrogens is 466 g/mol. The molecule has 2 rings (SSSR count). The van der Waals surface area contributed by atoms with Gasteiger partial charge in [0, 0.05) is 18.8 Å². The van der Waals surface area contributed by atoms with Gasteiger partial charge in [-0.3, -0.25) is 0 Å². The summed E-state index contributed by atoms with van der Waals surface area (Å²) in [6.45, 7) is 6.68. The van der Waals surface area contributed by atoms with E-state index in [0.717, 1.165) is 35.8 Å². The van der Waals surface area contributed by atoms with E-state index in [0.29, 0.717) is 19.0 Å². The van der Waals surface area contributed by atoms with Crippen LogP contribution in [0.1, 0.15) is 30.8 Å². The minimum atomic E-state index is -0.208. The molecule has 9 heteroatoms. The van der Waals surface area contributed by atoms with Crippen LogP contribution in [0.4, 0.5) is 4.39 Å². The van der Waals surface area contributed by atoms with Crippen LogP contribution in [0.25, 0.3) is 0 Å². The maximum Gasteiger partial charge on any atom is 0.191 e. The highest BCUT2D eigenvalue weighted by molar-refractivity contribution is 14.0. The molecule has 0 aliphatic rings. The number of aromatic nitrogens is 3. The lowest BCUT2D eigenvalue weighted by atomic mass is 10.1. The first kappa shape index (κ1) is 22.7. The average molecular weight is 492 g/mol. The second-order valence-corrected chi connectivity index (χ2v) is 6.29. The number of guanidine groups is 1. The van der Waals surface area contributed by atoms with E-state index in [4.69, 9.17) is 0 Å². The first-order chi connectivity index (χ1) is 12.2. The van der Waals surface area contributed by atoms with Gasteiger partial charge in [0.25, 0.3) is 0 Å². The quantitative estimate of drug-likeness (QED) is 0.337. The van der Waals surface area contributed by atoms with Gasteiger partial charge in [-0.25, -0.2) is 9.38 Å². The van der Waals surface area contributed by atoms with Crippen LogP contribution in [-0.4, -0.2) is 33.5 Å². The van der Waals surface area contributed by atoms with Gasteiger partial charge in [-0.2, -0.15) is 11.8 Å². The van der Waals surface area contributed by atoms with Crippen LogP contribution in [0.3, 0.4) is 0 Å². The number of hydrogen-bond donors (Lipinski definition) is 2. The Kier molecular flexibility index (Phi) is 10.6. The van der Waals surface area contributed by atoms with Crippen molar-refractivity contribution in [3.63, 3.8) is 0 Å². The summed E-state index contributed by atoms with van der Waals surface area (Å²) in [4.78, 5) is 4.62. The lowest BCUT2D eigenvalue weighted by molar-refractivity contribution is 0.625. The fourth-order valence-electron chi connectivity index (χ4n) is 2.39. The zero-order valence-corrected chi connectivity index (χ0v) is 18.5. The highest BCUT2D eigenvalue weighted by Crippen LogP contribution is 2.17. The third-order valence-electron chi connectivity index (χ3n) is 3.67. The summed E-state index contributed by atoms with van der Waals surface area (Å²) in [5, 5.41) is 14.5. The summed E-state index contributed by atoms with van der Waals surface area (Å²) >= 11 is 1.67. The van der Waals surface area contributed by atoms with Crippen molar-refractivity contribution in [2.75, 3.05) is 12.8 Å². The largest absolute Gasteiger partial charge is 0.357 e. The molecule has 0 aliphatic heterocycles. The van der Waals surface area contributed by atoms with Gasteiger partial charge >= 0.3 is 0 Å². The normalized spacial score (nSPS) is 11.2. The highest BCUT2D eigenvalue weighted by atomic mass is 127. The van der Waals surface area contributed by atoms with E-state index in [1.807, 2.05) is 30.7 Å². The molecule has 144 valence electrons. The Labute approximate surface area is 175 Å². The molecule has 0 fully saturated rings. The van der Waals surface area contributed by atoms with Gasteiger partial charge in [-0.15, -0.1) is 34.2 Å². The lowest BCUT2D eigenvalue weighted by Gasteiger charge is -2.12. The monoisotopic (exact) mass is 492 g/mol. The molecule has 2 N–H and O–H groups in total. The number of aryl methyl sites for hydroxylation is 1. The van der Waals surface area contributed by atoms with Gasteiger partial charge in [0.2, 0.25) is 0 Å². The lowest BCUT2D eigenvalue weighted by Crippen LogP contribution is -2.37. The minimum absolute atomic E-state index is 0. The molecule has 26 heavy (non-hydrogen) atoms. The Morgan fingerprint density at radius 2 is 2.08 bits per heavy atom. The molecule has 0 unspecified atom stereocenters. The van der Waals surface area contributed by atoms with E-state index in [9.17, 15) is 4.39 Å². The molecule has 6 nitrogen and oxygen atoms in total. The van der Waals surface area contributed by atoms with Gasteiger partial charge in [0.05, 0.1) is 13.1 Å². The molecule has 2 aromatic rings. The first-order valence-electron chi connectivity index (χ1n) is 8.33. The molecular formula is C17H26FIN6S. The van der Waals surface area contributed by atoms with Crippen molar-refractivity contribution >= 4 is 41.7 Å². The number of nitrogens with one attached hydrogen (secondary N) is 2. The number of thioether (sulfide) groups is 1. The molecule has 0 aliphatic carbocycles. The van der Waals surface area contributed by atoms with Crippen LogP contribution < -0.4 is 10.6 Å². The van der Waals surface area contributed by atoms with E-state index in [1.54, 1.807) is 24.2 Å². The summed E-state index contributed by atoms with van der Waals surface area (Å²) in [6.07, 6.45) is 3.72. The SMILES string of the molecule is CCNC(=NCc1ccc(F)cc1CSC)NCc1nncn1CC.I. The van der Waals surface area contributed by atoms with Crippen LogP contribution in [0.2, 0.25) is 0 Å². The predicted octanol–water partition coefficient (Wildman–Crippen LogP) is 3.17. The van der Waals surface area contributed by atoms with Crippen molar-refractivity contribution in [1.82, 2.24) is 25.4 Å². The van der Waals surface area contributed by atoms with Gasteiger partial charge in [-0.1, -0.05) is 6.07 Å². The van der Waals surface area contributed by atoms with E-state index in [-0.39, 0.29) is 29.8 Å². The second kappa shape index (κ2) is 12.1. The number of nitrogens with zero attached hydrogens (tertiary/aromatic N) is 4. The van der Waals surface area contributed by atoms with E-state index in [1.165, 1.54) is 6.07 Å². The Balaban J connectivity index is 0.00000338. The molecule has 0 amide bonds. The topological polar surface area (TPSA) is 67.1 Å². The summed E-state index contributed by atoms with van der Waals surface area (Å²) in [6, 6.07) is 4.88. The summed E-state index contributed by atoms with van der Waals surface area (Å²) in [5.41, 5.74) is 2.02. The van der Waals surface area contributed by atoms with Crippen LogP contribution in [0.15, 0.2) is 29.5 Å². The first-order valence-corrected chi connectivity index (χ1v) is 9.72. The minimum Gasteiger partial charge on any atom is -0.357 e. The van der Waals surface area contributed by atoms with Crippen molar-refractivity contribution in [2.45, 2.75) is 39.2 Å². The Hall–Kier alpha value is -1.36. The van der Waals surface area contributed by atoms with E-state index < -0.39 is 0 Å². The van der Waals surface area contributed by atoms with Crippen molar-refractivity contribution in [2.24, 2.45) is 4.99 Å². The van der Waals surface area contributed by atoms with Gasteiger partial charge in [0.15, 0.2) is 11.8 Å². The van der Waals surface area contributed by atoms with Crippen LogP contribution in [0, 0.1) is 5.82 Å². The fraction of sp³-hybridized carbons (Fsp3) is 0.471. The molecule has 0 bridgehead atoms. The van der Waals surface area contributed by atoms with Crippen molar-refractivity contribution < 1.29 is 4.39 Å². The number of aliphatic imine (C=N–C) groups is 1. The molecule has 0 spiro atoms.